The zero-order chi connectivity index (χ0) is 14.0. The Morgan fingerprint density at radius 2 is 2.16 bits per heavy atom. The number of hydrogen-bond donors (Lipinski definition) is 1. The van der Waals surface area contributed by atoms with Crippen LogP contribution in [0.15, 0.2) is 17.2 Å². The number of rotatable bonds is 3. The largest absolute Gasteiger partial charge is 0.300 e. The summed E-state index contributed by atoms with van der Waals surface area (Å²) in [5, 5.41) is 3.22. The second kappa shape index (κ2) is 5.31. The third-order valence-corrected chi connectivity index (χ3v) is 3.59. The Labute approximate surface area is 114 Å². The molecule has 2 rings (SSSR count). The van der Waals surface area contributed by atoms with Gasteiger partial charge in [0.15, 0.2) is 5.13 Å². The molecule has 0 atom stereocenters. The van der Waals surface area contributed by atoms with Gasteiger partial charge in [-0.3, -0.25) is 14.2 Å². The summed E-state index contributed by atoms with van der Waals surface area (Å²) in [6, 6.07) is 1.39. The quantitative estimate of drug-likeness (QED) is 0.917. The summed E-state index contributed by atoms with van der Waals surface area (Å²) >= 11 is 1.41. The molecule has 0 saturated carbocycles. The number of nitrogens with one attached hydrogen (secondary N) is 1. The Kier molecular flexibility index (Phi) is 3.75. The van der Waals surface area contributed by atoms with Gasteiger partial charge >= 0.3 is 0 Å². The van der Waals surface area contributed by atoms with Crippen LogP contribution in [0.3, 0.4) is 0 Å². The molecule has 2 aromatic rings. The van der Waals surface area contributed by atoms with Gasteiger partial charge in [0.2, 0.25) is 5.91 Å². The molecule has 19 heavy (non-hydrogen) atoms. The molecule has 0 bridgehead atoms. The zero-order valence-electron chi connectivity index (χ0n) is 10.9. The lowest BCUT2D eigenvalue weighted by atomic mass is 10.4. The molecule has 0 saturated heterocycles. The molecule has 100 valence electrons. The van der Waals surface area contributed by atoms with Crippen molar-refractivity contribution in [2.75, 3.05) is 5.32 Å². The maximum atomic E-state index is 11.8. The van der Waals surface area contributed by atoms with E-state index >= 15 is 0 Å². The van der Waals surface area contributed by atoms with E-state index in [0.717, 1.165) is 10.6 Å². The molecular weight excluding hydrogens is 264 g/mol. The van der Waals surface area contributed by atoms with Gasteiger partial charge in [-0.25, -0.2) is 9.97 Å². The molecule has 7 heteroatoms. The molecule has 0 aliphatic rings. The Bertz CT molecular complexity index is 655. The molecule has 0 unspecified atom stereocenters. The molecule has 2 aromatic heterocycles. The molecule has 0 aromatic carbocycles. The zero-order valence-corrected chi connectivity index (χ0v) is 11.7. The minimum Gasteiger partial charge on any atom is -0.300 e. The van der Waals surface area contributed by atoms with Crippen LogP contribution in [-0.4, -0.2) is 20.4 Å². The Balaban J connectivity index is 2.07. The van der Waals surface area contributed by atoms with Gasteiger partial charge in [-0.15, -0.1) is 11.3 Å². The second-order valence-corrected chi connectivity index (χ2v) is 5.41. The molecule has 0 fully saturated rings. The van der Waals surface area contributed by atoms with Crippen LogP contribution in [0.25, 0.3) is 0 Å². The summed E-state index contributed by atoms with van der Waals surface area (Å²) < 4.78 is 1.26. The molecule has 0 radical (unpaired) electrons. The second-order valence-electron chi connectivity index (χ2n) is 4.21. The third-order valence-electron chi connectivity index (χ3n) is 2.61. The molecule has 1 amide bonds. The fourth-order valence-corrected chi connectivity index (χ4v) is 2.31. The van der Waals surface area contributed by atoms with Gasteiger partial charge in [-0.2, -0.15) is 0 Å². The van der Waals surface area contributed by atoms with E-state index < -0.39 is 0 Å². The highest BCUT2D eigenvalue weighted by Crippen LogP contribution is 2.20. The molecule has 0 aliphatic carbocycles. The summed E-state index contributed by atoms with van der Waals surface area (Å²) in [5.74, 6) is -0.290. The van der Waals surface area contributed by atoms with Crippen LogP contribution >= 0.6 is 11.3 Å². The van der Waals surface area contributed by atoms with Crippen LogP contribution in [0.1, 0.15) is 16.3 Å². The lowest BCUT2D eigenvalue weighted by molar-refractivity contribution is -0.116. The van der Waals surface area contributed by atoms with Crippen molar-refractivity contribution in [2.24, 2.45) is 0 Å². The summed E-state index contributed by atoms with van der Waals surface area (Å²) in [6.07, 6.45) is 1.37. The van der Waals surface area contributed by atoms with E-state index in [1.54, 1.807) is 6.92 Å². The first-order valence-electron chi connectivity index (χ1n) is 5.72. The van der Waals surface area contributed by atoms with Gasteiger partial charge in [-0.1, -0.05) is 0 Å². The van der Waals surface area contributed by atoms with Crippen molar-refractivity contribution in [2.45, 2.75) is 27.3 Å². The van der Waals surface area contributed by atoms with Gasteiger partial charge in [0.1, 0.15) is 6.54 Å². The van der Waals surface area contributed by atoms with Gasteiger partial charge in [-0.05, 0) is 20.8 Å². The smallest absolute Gasteiger partial charge is 0.253 e. The summed E-state index contributed by atoms with van der Waals surface area (Å²) in [6.45, 7) is 5.49. The Morgan fingerprint density at radius 1 is 1.42 bits per heavy atom. The number of carbonyl (C=O) groups is 1. The minimum atomic E-state index is -0.290. The standard InChI is InChI=1S/C12H14N4O2S/c1-7-4-11(18)16(6-13-7)5-10(17)15-12-14-8(2)9(3)19-12/h4,6H,5H2,1-3H3,(H,14,15,17). The van der Waals surface area contributed by atoms with Crippen LogP contribution in [0.5, 0.6) is 0 Å². The van der Waals surface area contributed by atoms with E-state index in [1.807, 2.05) is 13.8 Å². The Morgan fingerprint density at radius 3 is 2.74 bits per heavy atom. The number of anilines is 1. The fourth-order valence-electron chi connectivity index (χ4n) is 1.47. The number of aromatic nitrogens is 3. The van der Waals surface area contributed by atoms with Crippen LogP contribution in [0.4, 0.5) is 5.13 Å². The molecule has 0 aliphatic heterocycles. The van der Waals surface area contributed by atoms with Crippen molar-refractivity contribution in [1.82, 2.24) is 14.5 Å². The minimum absolute atomic E-state index is 0.0657. The highest BCUT2D eigenvalue weighted by atomic mass is 32.1. The number of aryl methyl sites for hydroxylation is 3. The molecular formula is C12H14N4O2S. The first kappa shape index (κ1) is 13.4. The van der Waals surface area contributed by atoms with Crippen molar-refractivity contribution >= 4 is 22.4 Å². The number of nitrogens with zero attached hydrogens (tertiary/aromatic N) is 3. The monoisotopic (exact) mass is 278 g/mol. The van der Waals surface area contributed by atoms with Gasteiger partial charge in [0, 0.05) is 16.6 Å². The number of thiazole rings is 1. The first-order chi connectivity index (χ1) is 8.95. The van der Waals surface area contributed by atoms with Crippen molar-refractivity contribution in [1.29, 1.82) is 0 Å². The van der Waals surface area contributed by atoms with Crippen LogP contribution in [0, 0.1) is 20.8 Å². The molecule has 6 nitrogen and oxygen atoms in total. The van der Waals surface area contributed by atoms with Crippen LogP contribution in [-0.2, 0) is 11.3 Å². The molecule has 1 N–H and O–H groups in total. The normalized spacial score (nSPS) is 10.5. The lowest BCUT2D eigenvalue weighted by Gasteiger charge is -2.04. The average molecular weight is 278 g/mol. The summed E-state index contributed by atoms with van der Waals surface area (Å²) in [4.78, 5) is 32.7. The number of carbonyl (C=O) groups excluding carboxylic acids is 1. The van der Waals surface area contributed by atoms with E-state index in [4.69, 9.17) is 0 Å². The summed E-state index contributed by atoms with van der Waals surface area (Å²) in [7, 11) is 0. The van der Waals surface area contributed by atoms with E-state index in [0.29, 0.717) is 10.8 Å². The predicted molar refractivity (Wildman–Crippen MR) is 73.5 cm³/mol. The van der Waals surface area contributed by atoms with Crippen molar-refractivity contribution < 1.29 is 4.79 Å². The van der Waals surface area contributed by atoms with E-state index in [2.05, 4.69) is 15.3 Å². The SMILES string of the molecule is Cc1cc(=O)n(CC(=O)Nc2nc(C)c(C)s2)cn1. The topological polar surface area (TPSA) is 76.9 Å². The van der Waals surface area contributed by atoms with Crippen molar-refractivity contribution in [3.05, 3.63) is 39.0 Å². The average Bonchev–Trinajstić information content (AvgIpc) is 2.62. The molecule has 2 heterocycles. The van der Waals surface area contributed by atoms with Crippen molar-refractivity contribution in [3.63, 3.8) is 0 Å². The van der Waals surface area contributed by atoms with Crippen LogP contribution < -0.4 is 10.9 Å². The van der Waals surface area contributed by atoms with Gasteiger partial charge in [0.05, 0.1) is 12.0 Å². The van der Waals surface area contributed by atoms with E-state index in [-0.39, 0.29) is 18.0 Å². The Hall–Kier alpha value is -2.02. The number of amides is 1. The highest BCUT2D eigenvalue weighted by Gasteiger charge is 2.09. The highest BCUT2D eigenvalue weighted by molar-refractivity contribution is 7.15. The van der Waals surface area contributed by atoms with Crippen molar-refractivity contribution in [3.8, 4) is 0 Å². The maximum absolute atomic E-state index is 11.8. The molecule has 0 spiro atoms. The van der Waals surface area contributed by atoms with Gasteiger partial charge in [0.25, 0.3) is 5.56 Å². The van der Waals surface area contributed by atoms with E-state index in [1.165, 1.54) is 28.3 Å². The fraction of sp³-hybridized carbons (Fsp3) is 0.333. The van der Waals surface area contributed by atoms with Gasteiger partial charge < -0.3 is 5.32 Å². The maximum Gasteiger partial charge on any atom is 0.253 e. The van der Waals surface area contributed by atoms with Crippen LogP contribution in [0.2, 0.25) is 0 Å². The predicted octanol–water partition coefficient (Wildman–Crippen LogP) is 1.26. The third kappa shape index (κ3) is 3.25. The first-order valence-corrected chi connectivity index (χ1v) is 6.54. The lowest BCUT2D eigenvalue weighted by Crippen LogP contribution is -2.27. The van der Waals surface area contributed by atoms with E-state index in [9.17, 15) is 9.59 Å². The summed E-state index contributed by atoms with van der Waals surface area (Å²) in [5.41, 5.74) is 1.29. The number of hydrogen-bond acceptors (Lipinski definition) is 5.